The molecule has 2 heterocycles. The number of carbonyl (C=O) groups is 1. The van der Waals surface area contributed by atoms with Crippen LogP contribution in [0.3, 0.4) is 0 Å². The first kappa shape index (κ1) is 12.2. The molecule has 0 aromatic carbocycles. The van der Waals surface area contributed by atoms with Crippen molar-refractivity contribution < 1.29 is 4.79 Å². The van der Waals surface area contributed by atoms with Crippen LogP contribution in [0.2, 0.25) is 0 Å². The monoisotopic (exact) mass is 246 g/mol. The van der Waals surface area contributed by atoms with Crippen molar-refractivity contribution in [3.8, 4) is 0 Å². The summed E-state index contributed by atoms with van der Waals surface area (Å²) >= 11 is 0. The standard InChI is InChI=1S/C11H14N6O/c1-8-6-13-4-2-9(8)14-11(18)10-7-17(5-3-12)16-15-10/h2,4,6-7H,3,5,12H2,1H3,(H,13,14,18). The molecule has 0 atom stereocenters. The van der Waals surface area contributed by atoms with Crippen LogP contribution in [-0.2, 0) is 6.54 Å². The third-order valence-corrected chi connectivity index (χ3v) is 2.40. The summed E-state index contributed by atoms with van der Waals surface area (Å²) in [5, 5.41) is 10.4. The first-order valence-electron chi connectivity index (χ1n) is 5.53. The van der Waals surface area contributed by atoms with Crippen molar-refractivity contribution in [2.24, 2.45) is 5.73 Å². The number of aryl methyl sites for hydroxylation is 1. The highest BCUT2D eigenvalue weighted by Gasteiger charge is 2.11. The zero-order valence-corrected chi connectivity index (χ0v) is 10.00. The van der Waals surface area contributed by atoms with Gasteiger partial charge in [-0.1, -0.05) is 5.21 Å². The van der Waals surface area contributed by atoms with Gasteiger partial charge >= 0.3 is 0 Å². The van der Waals surface area contributed by atoms with Gasteiger partial charge in [0.15, 0.2) is 5.69 Å². The molecule has 2 aromatic heterocycles. The van der Waals surface area contributed by atoms with Crippen LogP contribution in [-0.4, -0.2) is 32.4 Å². The molecule has 18 heavy (non-hydrogen) atoms. The van der Waals surface area contributed by atoms with E-state index in [4.69, 9.17) is 5.73 Å². The van der Waals surface area contributed by atoms with E-state index in [2.05, 4.69) is 20.6 Å². The third-order valence-electron chi connectivity index (χ3n) is 2.40. The summed E-state index contributed by atoms with van der Waals surface area (Å²) in [6.45, 7) is 2.86. The molecule has 1 amide bonds. The molecule has 2 rings (SSSR count). The van der Waals surface area contributed by atoms with E-state index in [9.17, 15) is 4.79 Å². The molecule has 7 heteroatoms. The lowest BCUT2D eigenvalue weighted by Crippen LogP contribution is -2.13. The smallest absolute Gasteiger partial charge is 0.277 e. The summed E-state index contributed by atoms with van der Waals surface area (Å²) in [7, 11) is 0. The van der Waals surface area contributed by atoms with E-state index < -0.39 is 0 Å². The summed E-state index contributed by atoms with van der Waals surface area (Å²) < 4.78 is 1.54. The summed E-state index contributed by atoms with van der Waals surface area (Å²) in [6, 6.07) is 1.73. The largest absolute Gasteiger partial charge is 0.329 e. The number of hydrogen-bond donors (Lipinski definition) is 2. The Morgan fingerprint density at radius 3 is 3.11 bits per heavy atom. The summed E-state index contributed by atoms with van der Waals surface area (Å²) in [5.74, 6) is -0.299. The molecule has 3 N–H and O–H groups in total. The zero-order valence-electron chi connectivity index (χ0n) is 10.00. The highest BCUT2D eigenvalue weighted by Crippen LogP contribution is 2.12. The van der Waals surface area contributed by atoms with Crippen LogP contribution in [0.25, 0.3) is 0 Å². The predicted octanol–water partition coefficient (Wildman–Crippen LogP) is 0.193. The van der Waals surface area contributed by atoms with Gasteiger partial charge in [0.2, 0.25) is 0 Å². The maximum absolute atomic E-state index is 11.9. The van der Waals surface area contributed by atoms with Crippen molar-refractivity contribution >= 4 is 11.6 Å². The summed E-state index contributed by atoms with van der Waals surface area (Å²) in [6.07, 6.45) is 4.87. The van der Waals surface area contributed by atoms with E-state index in [1.165, 1.54) is 4.68 Å². The Morgan fingerprint density at radius 1 is 1.56 bits per heavy atom. The Hall–Kier alpha value is -2.28. The van der Waals surface area contributed by atoms with E-state index in [-0.39, 0.29) is 11.6 Å². The molecule has 0 saturated carbocycles. The molecule has 0 aliphatic carbocycles. The van der Waals surface area contributed by atoms with Gasteiger partial charge < -0.3 is 11.1 Å². The fraction of sp³-hybridized carbons (Fsp3) is 0.273. The lowest BCUT2D eigenvalue weighted by atomic mass is 10.2. The van der Waals surface area contributed by atoms with E-state index in [1.807, 2.05) is 6.92 Å². The number of hydrogen-bond acceptors (Lipinski definition) is 5. The number of carbonyl (C=O) groups excluding carboxylic acids is 1. The van der Waals surface area contributed by atoms with Gasteiger partial charge in [-0.25, -0.2) is 0 Å². The van der Waals surface area contributed by atoms with Crippen molar-refractivity contribution in [3.05, 3.63) is 35.9 Å². The van der Waals surface area contributed by atoms with Gasteiger partial charge in [-0.3, -0.25) is 14.5 Å². The normalized spacial score (nSPS) is 10.3. The van der Waals surface area contributed by atoms with Gasteiger partial charge in [0, 0.05) is 24.6 Å². The fourth-order valence-electron chi connectivity index (χ4n) is 1.44. The van der Waals surface area contributed by atoms with Crippen LogP contribution in [0.4, 0.5) is 5.69 Å². The van der Waals surface area contributed by atoms with Crippen LogP contribution in [0.15, 0.2) is 24.7 Å². The molecule has 0 bridgehead atoms. The van der Waals surface area contributed by atoms with Gasteiger partial charge in [0.1, 0.15) is 0 Å². The highest BCUT2D eigenvalue weighted by molar-refractivity contribution is 6.02. The maximum atomic E-state index is 11.9. The number of rotatable bonds is 4. The molecule has 0 unspecified atom stereocenters. The summed E-state index contributed by atoms with van der Waals surface area (Å²) in [5.41, 5.74) is 7.26. The van der Waals surface area contributed by atoms with E-state index in [1.54, 1.807) is 24.7 Å². The molecule has 0 saturated heterocycles. The quantitative estimate of drug-likeness (QED) is 0.802. The second kappa shape index (κ2) is 5.37. The Balaban J connectivity index is 2.10. The molecular weight excluding hydrogens is 232 g/mol. The van der Waals surface area contributed by atoms with Gasteiger partial charge in [-0.05, 0) is 18.6 Å². The first-order valence-corrected chi connectivity index (χ1v) is 5.53. The lowest BCUT2D eigenvalue weighted by Gasteiger charge is -2.05. The molecule has 0 aliphatic heterocycles. The number of nitrogens with two attached hydrogens (primary N) is 1. The number of nitrogens with one attached hydrogen (secondary N) is 1. The predicted molar refractivity (Wildman–Crippen MR) is 66.0 cm³/mol. The number of anilines is 1. The fourth-order valence-corrected chi connectivity index (χ4v) is 1.44. The van der Waals surface area contributed by atoms with Crippen LogP contribution in [0.1, 0.15) is 16.1 Å². The number of amides is 1. The highest BCUT2D eigenvalue weighted by atomic mass is 16.2. The van der Waals surface area contributed by atoms with Crippen molar-refractivity contribution in [1.82, 2.24) is 20.0 Å². The Labute approximate surface area is 104 Å². The number of aromatic nitrogens is 4. The minimum absolute atomic E-state index is 0.264. The molecule has 0 spiro atoms. The Bertz CT molecular complexity index is 550. The van der Waals surface area contributed by atoms with E-state index in [0.29, 0.717) is 18.8 Å². The molecule has 0 radical (unpaired) electrons. The first-order chi connectivity index (χ1) is 8.70. The second-order valence-corrected chi connectivity index (χ2v) is 3.80. The minimum atomic E-state index is -0.299. The van der Waals surface area contributed by atoms with Crippen LogP contribution in [0, 0.1) is 6.92 Å². The third kappa shape index (κ3) is 2.69. The van der Waals surface area contributed by atoms with Gasteiger partial charge in [-0.2, -0.15) is 0 Å². The van der Waals surface area contributed by atoms with E-state index in [0.717, 1.165) is 5.56 Å². The van der Waals surface area contributed by atoms with Crippen LogP contribution >= 0.6 is 0 Å². The molecule has 94 valence electrons. The number of pyridine rings is 1. The van der Waals surface area contributed by atoms with E-state index >= 15 is 0 Å². The molecule has 2 aromatic rings. The Morgan fingerprint density at radius 2 is 2.39 bits per heavy atom. The minimum Gasteiger partial charge on any atom is -0.329 e. The van der Waals surface area contributed by atoms with Gasteiger partial charge in [0.05, 0.1) is 12.7 Å². The maximum Gasteiger partial charge on any atom is 0.277 e. The number of nitrogens with zero attached hydrogens (tertiary/aromatic N) is 4. The van der Waals surface area contributed by atoms with Crippen molar-refractivity contribution in [1.29, 1.82) is 0 Å². The Kier molecular flexibility index (Phi) is 3.63. The second-order valence-electron chi connectivity index (χ2n) is 3.80. The zero-order chi connectivity index (χ0) is 13.0. The van der Waals surface area contributed by atoms with Crippen molar-refractivity contribution in [2.75, 3.05) is 11.9 Å². The van der Waals surface area contributed by atoms with Crippen molar-refractivity contribution in [2.45, 2.75) is 13.5 Å². The van der Waals surface area contributed by atoms with Gasteiger partial charge in [-0.15, -0.1) is 5.10 Å². The average molecular weight is 246 g/mol. The lowest BCUT2D eigenvalue weighted by molar-refractivity contribution is 0.102. The SMILES string of the molecule is Cc1cnccc1NC(=O)c1cn(CCN)nn1. The topological polar surface area (TPSA) is 98.7 Å². The summed E-state index contributed by atoms with van der Waals surface area (Å²) in [4.78, 5) is 15.9. The molecule has 0 fully saturated rings. The average Bonchev–Trinajstić information content (AvgIpc) is 2.81. The molecular formula is C11H14N6O. The van der Waals surface area contributed by atoms with Crippen LogP contribution in [0.5, 0.6) is 0 Å². The van der Waals surface area contributed by atoms with Gasteiger partial charge in [0.25, 0.3) is 5.91 Å². The van der Waals surface area contributed by atoms with Crippen molar-refractivity contribution in [3.63, 3.8) is 0 Å². The molecule has 0 aliphatic rings. The van der Waals surface area contributed by atoms with Crippen LogP contribution < -0.4 is 11.1 Å². The molecule has 7 nitrogen and oxygen atoms in total.